The monoisotopic (exact) mass is 271 g/mol. The van der Waals surface area contributed by atoms with Gasteiger partial charge in [-0.25, -0.2) is 0 Å². The highest BCUT2D eigenvalue weighted by atomic mass is 35.5. The van der Waals surface area contributed by atoms with E-state index in [4.69, 9.17) is 16.3 Å². The molecule has 3 nitrogen and oxygen atoms in total. The van der Waals surface area contributed by atoms with Crippen LogP contribution >= 0.6 is 11.6 Å². The van der Waals surface area contributed by atoms with Gasteiger partial charge in [-0.2, -0.15) is 0 Å². The van der Waals surface area contributed by atoms with Gasteiger partial charge in [0.25, 0.3) is 0 Å². The van der Waals surface area contributed by atoms with E-state index >= 15 is 0 Å². The SMILES string of the molecule is O=C(NCCCOCCCl)C1C2C3CCC(C3)C12. The Kier molecular flexibility index (Phi) is 3.81. The van der Waals surface area contributed by atoms with E-state index in [1.807, 2.05) is 0 Å². The van der Waals surface area contributed by atoms with Crippen LogP contribution in [-0.4, -0.2) is 31.5 Å². The molecule has 0 saturated heterocycles. The number of halogens is 1. The molecule has 3 rings (SSSR count). The summed E-state index contributed by atoms with van der Waals surface area (Å²) < 4.78 is 5.28. The molecule has 1 N–H and O–H groups in total. The largest absolute Gasteiger partial charge is 0.380 e. The van der Waals surface area contributed by atoms with Gasteiger partial charge in [0, 0.05) is 24.9 Å². The first-order valence-corrected chi connectivity index (χ1v) is 7.78. The summed E-state index contributed by atoms with van der Waals surface area (Å²) in [5.41, 5.74) is 0. The van der Waals surface area contributed by atoms with Gasteiger partial charge in [0.2, 0.25) is 5.91 Å². The molecule has 4 atom stereocenters. The number of nitrogens with one attached hydrogen (secondary N) is 1. The fourth-order valence-corrected chi connectivity index (χ4v) is 4.44. The van der Waals surface area contributed by atoms with E-state index in [9.17, 15) is 4.79 Å². The first-order chi connectivity index (χ1) is 8.83. The van der Waals surface area contributed by atoms with E-state index in [-0.39, 0.29) is 0 Å². The van der Waals surface area contributed by atoms with Gasteiger partial charge in [0.15, 0.2) is 0 Å². The number of amides is 1. The Balaban J connectivity index is 1.32. The summed E-state index contributed by atoms with van der Waals surface area (Å²) in [4.78, 5) is 12.1. The molecule has 102 valence electrons. The van der Waals surface area contributed by atoms with Crippen molar-refractivity contribution in [3.05, 3.63) is 0 Å². The summed E-state index contributed by atoms with van der Waals surface area (Å²) >= 11 is 5.51. The molecular formula is C14H22ClNO2. The lowest BCUT2D eigenvalue weighted by molar-refractivity contribution is -0.123. The molecule has 0 spiro atoms. The van der Waals surface area contributed by atoms with Crippen molar-refractivity contribution in [3.8, 4) is 0 Å². The number of carbonyl (C=O) groups excluding carboxylic acids is 1. The Bertz CT molecular complexity index is 307. The molecule has 4 unspecified atom stereocenters. The molecular weight excluding hydrogens is 250 g/mol. The number of rotatable bonds is 7. The Morgan fingerprint density at radius 3 is 2.61 bits per heavy atom. The second kappa shape index (κ2) is 5.38. The number of alkyl halides is 1. The minimum atomic E-state index is 0.305. The molecule has 0 aromatic heterocycles. The Morgan fingerprint density at radius 1 is 1.22 bits per heavy atom. The second-order valence-electron chi connectivity index (χ2n) is 5.96. The summed E-state index contributed by atoms with van der Waals surface area (Å²) in [6, 6.07) is 0. The highest BCUT2D eigenvalue weighted by Crippen LogP contribution is 2.69. The number of hydrogen-bond acceptors (Lipinski definition) is 2. The molecule has 3 aliphatic carbocycles. The average Bonchev–Trinajstić information content (AvgIpc) is 2.82. The molecule has 18 heavy (non-hydrogen) atoms. The lowest BCUT2D eigenvalue weighted by Crippen LogP contribution is -2.29. The normalized spacial score (nSPS) is 39.7. The van der Waals surface area contributed by atoms with E-state index in [1.165, 1.54) is 19.3 Å². The molecule has 1 amide bonds. The van der Waals surface area contributed by atoms with Crippen LogP contribution in [-0.2, 0) is 9.53 Å². The zero-order chi connectivity index (χ0) is 12.5. The van der Waals surface area contributed by atoms with Crippen molar-refractivity contribution in [2.75, 3.05) is 25.6 Å². The number of carbonyl (C=O) groups is 1. The third kappa shape index (κ3) is 2.27. The molecule has 0 heterocycles. The minimum Gasteiger partial charge on any atom is -0.380 e. The van der Waals surface area contributed by atoms with Gasteiger partial charge >= 0.3 is 0 Å². The topological polar surface area (TPSA) is 38.3 Å². The summed E-state index contributed by atoms with van der Waals surface area (Å²) in [6.07, 6.45) is 5.05. The highest BCUT2D eigenvalue weighted by Gasteiger charge is 2.67. The van der Waals surface area contributed by atoms with Crippen molar-refractivity contribution in [2.24, 2.45) is 29.6 Å². The molecule has 3 saturated carbocycles. The van der Waals surface area contributed by atoms with Gasteiger partial charge in [0.05, 0.1) is 6.61 Å². The third-order valence-electron chi connectivity index (χ3n) is 5.02. The van der Waals surface area contributed by atoms with Gasteiger partial charge in [-0.3, -0.25) is 4.79 Å². The zero-order valence-corrected chi connectivity index (χ0v) is 11.5. The Labute approximate surface area is 114 Å². The maximum Gasteiger partial charge on any atom is 0.223 e. The molecule has 0 aromatic rings. The van der Waals surface area contributed by atoms with Crippen molar-refractivity contribution in [1.29, 1.82) is 0 Å². The molecule has 0 aromatic carbocycles. The van der Waals surface area contributed by atoms with E-state index in [0.717, 1.165) is 36.6 Å². The van der Waals surface area contributed by atoms with Gasteiger partial charge < -0.3 is 10.1 Å². The molecule has 0 aliphatic heterocycles. The standard InChI is InChI=1S/C14H22ClNO2/c15-4-7-18-6-1-5-16-14(17)13-11-9-2-3-10(8-9)12(11)13/h9-13H,1-8H2,(H,16,17). The van der Waals surface area contributed by atoms with Crippen molar-refractivity contribution >= 4 is 17.5 Å². The van der Waals surface area contributed by atoms with Gasteiger partial charge in [-0.15, -0.1) is 11.6 Å². The molecule has 4 heteroatoms. The van der Waals surface area contributed by atoms with Gasteiger partial charge in [0.1, 0.15) is 0 Å². The Morgan fingerprint density at radius 2 is 1.94 bits per heavy atom. The predicted octanol–water partition coefficient (Wildman–Crippen LogP) is 2.04. The average molecular weight is 272 g/mol. The van der Waals surface area contributed by atoms with Crippen LogP contribution in [0.4, 0.5) is 0 Å². The number of ether oxygens (including phenoxy) is 1. The van der Waals surface area contributed by atoms with Crippen LogP contribution in [0.2, 0.25) is 0 Å². The first-order valence-electron chi connectivity index (χ1n) is 7.24. The van der Waals surface area contributed by atoms with E-state index in [2.05, 4.69) is 5.32 Å². The minimum absolute atomic E-state index is 0.305. The van der Waals surface area contributed by atoms with Crippen LogP contribution in [0, 0.1) is 29.6 Å². The van der Waals surface area contributed by atoms with Crippen molar-refractivity contribution in [1.82, 2.24) is 5.32 Å². The van der Waals surface area contributed by atoms with Crippen molar-refractivity contribution in [2.45, 2.75) is 25.7 Å². The van der Waals surface area contributed by atoms with Crippen LogP contribution in [0.1, 0.15) is 25.7 Å². The van der Waals surface area contributed by atoms with Crippen molar-refractivity contribution < 1.29 is 9.53 Å². The van der Waals surface area contributed by atoms with E-state index in [0.29, 0.717) is 30.9 Å². The summed E-state index contributed by atoms with van der Waals surface area (Å²) in [6.45, 7) is 2.04. The van der Waals surface area contributed by atoms with Crippen LogP contribution in [0.3, 0.4) is 0 Å². The summed E-state index contributed by atoms with van der Waals surface area (Å²) in [5, 5.41) is 3.07. The predicted molar refractivity (Wildman–Crippen MR) is 70.5 cm³/mol. The molecule has 2 bridgehead atoms. The fourth-order valence-electron chi connectivity index (χ4n) is 4.34. The summed E-state index contributed by atoms with van der Waals surface area (Å²) in [7, 11) is 0. The number of hydrogen-bond donors (Lipinski definition) is 1. The smallest absolute Gasteiger partial charge is 0.223 e. The van der Waals surface area contributed by atoms with Gasteiger partial charge in [-0.1, -0.05) is 0 Å². The second-order valence-corrected chi connectivity index (χ2v) is 6.34. The quantitative estimate of drug-likeness (QED) is 0.568. The summed E-state index contributed by atoms with van der Waals surface area (Å²) in [5.74, 6) is 4.46. The third-order valence-corrected chi connectivity index (χ3v) is 5.18. The molecule has 3 fully saturated rings. The maximum atomic E-state index is 12.1. The van der Waals surface area contributed by atoms with Crippen LogP contribution in [0.5, 0.6) is 0 Å². The number of fused-ring (bicyclic) bond motifs is 5. The van der Waals surface area contributed by atoms with E-state index in [1.54, 1.807) is 0 Å². The van der Waals surface area contributed by atoms with Crippen molar-refractivity contribution in [3.63, 3.8) is 0 Å². The fraction of sp³-hybridized carbons (Fsp3) is 0.929. The zero-order valence-electron chi connectivity index (χ0n) is 10.7. The Hall–Kier alpha value is -0.280. The lowest BCUT2D eigenvalue weighted by atomic mass is 10.0. The molecule has 0 radical (unpaired) electrons. The lowest BCUT2D eigenvalue weighted by Gasteiger charge is -2.09. The maximum absolute atomic E-state index is 12.1. The van der Waals surface area contributed by atoms with Crippen LogP contribution in [0.15, 0.2) is 0 Å². The van der Waals surface area contributed by atoms with Crippen LogP contribution < -0.4 is 5.32 Å². The van der Waals surface area contributed by atoms with Gasteiger partial charge in [-0.05, 0) is 49.4 Å². The van der Waals surface area contributed by atoms with Crippen LogP contribution in [0.25, 0.3) is 0 Å². The molecule has 3 aliphatic rings. The highest BCUT2D eigenvalue weighted by molar-refractivity contribution is 6.17. The first kappa shape index (κ1) is 12.7. The van der Waals surface area contributed by atoms with E-state index < -0.39 is 0 Å².